The molecule has 210 valence electrons. The van der Waals surface area contributed by atoms with Crippen LogP contribution in [0, 0.1) is 11.3 Å². The van der Waals surface area contributed by atoms with Crippen LogP contribution in [-0.2, 0) is 5.41 Å². The summed E-state index contributed by atoms with van der Waals surface area (Å²) in [7, 11) is 0. The summed E-state index contributed by atoms with van der Waals surface area (Å²) in [4.78, 5) is 4.49. The lowest BCUT2D eigenvalue weighted by Gasteiger charge is -2.34. The normalized spacial score (nSPS) is 12.6. The predicted molar refractivity (Wildman–Crippen MR) is 183 cm³/mol. The number of aromatic nitrogens is 1. The second-order valence-electron chi connectivity index (χ2n) is 11.5. The van der Waals surface area contributed by atoms with E-state index in [4.69, 9.17) is 0 Å². The van der Waals surface area contributed by atoms with E-state index >= 15 is 0 Å². The molecule has 1 heterocycles. The van der Waals surface area contributed by atoms with E-state index in [1.54, 1.807) is 12.3 Å². The van der Waals surface area contributed by atoms with Crippen molar-refractivity contribution >= 4 is 0 Å². The number of pyridine rings is 1. The van der Waals surface area contributed by atoms with Crippen molar-refractivity contribution < 1.29 is 0 Å². The lowest BCUT2D eigenvalue weighted by atomic mass is 9.67. The second kappa shape index (κ2) is 10.9. The Hall–Kier alpha value is -6.04. The van der Waals surface area contributed by atoms with Crippen molar-refractivity contribution in [2.24, 2.45) is 0 Å². The minimum Gasteiger partial charge on any atom is -0.256 e. The molecule has 7 aromatic rings. The van der Waals surface area contributed by atoms with Gasteiger partial charge in [0.15, 0.2) is 0 Å². The molecule has 1 aliphatic rings. The number of hydrogen-bond donors (Lipinski definition) is 0. The van der Waals surface area contributed by atoms with E-state index in [1.165, 1.54) is 44.5 Å². The van der Waals surface area contributed by atoms with Crippen molar-refractivity contribution in [2.75, 3.05) is 0 Å². The van der Waals surface area contributed by atoms with Gasteiger partial charge in [0.2, 0.25) is 0 Å². The first-order chi connectivity index (χ1) is 22.3. The van der Waals surface area contributed by atoms with Gasteiger partial charge in [-0.2, -0.15) is 5.26 Å². The molecule has 0 spiro atoms. The van der Waals surface area contributed by atoms with Gasteiger partial charge in [0.05, 0.1) is 22.7 Å². The minimum absolute atomic E-state index is 0.442. The fourth-order valence-corrected chi connectivity index (χ4v) is 6.98. The van der Waals surface area contributed by atoms with Crippen LogP contribution in [0.2, 0.25) is 0 Å². The number of rotatable bonds is 5. The van der Waals surface area contributed by atoms with Gasteiger partial charge in [-0.3, -0.25) is 4.98 Å². The Morgan fingerprint density at radius 1 is 0.444 bits per heavy atom. The van der Waals surface area contributed by atoms with Crippen molar-refractivity contribution in [3.8, 4) is 50.7 Å². The maximum Gasteiger partial charge on any atom is 0.0992 e. The molecule has 8 rings (SSSR count). The molecule has 2 nitrogen and oxygen atoms in total. The van der Waals surface area contributed by atoms with Gasteiger partial charge in [-0.25, -0.2) is 0 Å². The minimum atomic E-state index is -0.442. The highest BCUT2D eigenvalue weighted by molar-refractivity contribution is 5.91. The summed E-state index contributed by atoms with van der Waals surface area (Å²) in [5.74, 6) is 0. The maximum atomic E-state index is 9.33. The van der Waals surface area contributed by atoms with Crippen LogP contribution in [0.1, 0.15) is 27.8 Å². The average molecular weight is 573 g/mol. The van der Waals surface area contributed by atoms with Crippen LogP contribution >= 0.6 is 0 Å². The van der Waals surface area contributed by atoms with Gasteiger partial charge in [0.1, 0.15) is 0 Å². The monoisotopic (exact) mass is 572 g/mol. The van der Waals surface area contributed by atoms with Crippen molar-refractivity contribution in [3.63, 3.8) is 0 Å². The standard InChI is InChI=1S/C43H28N2/c44-29-30-24-25-45-42(26-30)33-18-16-32(17-19-33)35-21-23-41-39(28-35)38-27-34(31-10-4-1-5-11-31)20-22-40(38)43(41,36-12-6-2-7-13-36)37-14-8-3-9-15-37/h1-28H. The van der Waals surface area contributed by atoms with E-state index < -0.39 is 5.41 Å². The number of nitriles is 1. The molecule has 0 amide bonds. The molecule has 0 atom stereocenters. The number of hydrogen-bond acceptors (Lipinski definition) is 2. The first-order valence-electron chi connectivity index (χ1n) is 15.2. The molecule has 0 saturated heterocycles. The molecule has 0 saturated carbocycles. The predicted octanol–water partition coefficient (Wildman–Crippen LogP) is 10.3. The fourth-order valence-electron chi connectivity index (χ4n) is 6.98. The van der Waals surface area contributed by atoms with Gasteiger partial charge in [0.25, 0.3) is 0 Å². The summed E-state index contributed by atoms with van der Waals surface area (Å²) in [5.41, 5.74) is 14.3. The van der Waals surface area contributed by atoms with E-state index in [2.05, 4.69) is 163 Å². The van der Waals surface area contributed by atoms with E-state index in [1.807, 2.05) is 6.07 Å². The molecule has 0 bridgehead atoms. The quantitative estimate of drug-likeness (QED) is 0.206. The van der Waals surface area contributed by atoms with Crippen molar-refractivity contribution in [1.29, 1.82) is 5.26 Å². The second-order valence-corrected chi connectivity index (χ2v) is 11.5. The van der Waals surface area contributed by atoms with Crippen LogP contribution in [0.25, 0.3) is 44.6 Å². The van der Waals surface area contributed by atoms with Crippen LogP contribution in [0.5, 0.6) is 0 Å². The molecule has 6 aromatic carbocycles. The zero-order valence-corrected chi connectivity index (χ0v) is 24.6. The molecule has 0 N–H and O–H groups in total. The Bertz CT molecular complexity index is 2150. The van der Waals surface area contributed by atoms with Gasteiger partial charge < -0.3 is 0 Å². The first kappa shape index (κ1) is 26.6. The van der Waals surface area contributed by atoms with Gasteiger partial charge >= 0.3 is 0 Å². The van der Waals surface area contributed by atoms with Gasteiger partial charge in [0, 0.05) is 11.8 Å². The summed E-state index contributed by atoms with van der Waals surface area (Å²) in [6, 6.07) is 60.6. The third kappa shape index (κ3) is 4.37. The topological polar surface area (TPSA) is 36.7 Å². The van der Waals surface area contributed by atoms with Crippen LogP contribution < -0.4 is 0 Å². The molecular weight excluding hydrogens is 544 g/mol. The molecule has 0 unspecified atom stereocenters. The molecule has 0 aliphatic heterocycles. The summed E-state index contributed by atoms with van der Waals surface area (Å²) in [6.07, 6.45) is 1.69. The van der Waals surface area contributed by atoms with E-state index in [0.717, 1.165) is 22.4 Å². The Kier molecular flexibility index (Phi) is 6.44. The van der Waals surface area contributed by atoms with Crippen molar-refractivity contribution in [3.05, 3.63) is 198 Å². The molecule has 45 heavy (non-hydrogen) atoms. The zero-order chi connectivity index (χ0) is 30.2. The van der Waals surface area contributed by atoms with E-state index in [-0.39, 0.29) is 0 Å². The van der Waals surface area contributed by atoms with E-state index in [9.17, 15) is 5.26 Å². The van der Waals surface area contributed by atoms with Crippen LogP contribution in [0.3, 0.4) is 0 Å². The summed E-state index contributed by atoms with van der Waals surface area (Å²) >= 11 is 0. The fraction of sp³-hybridized carbons (Fsp3) is 0.0233. The van der Waals surface area contributed by atoms with Crippen LogP contribution in [0.15, 0.2) is 170 Å². The lowest BCUT2D eigenvalue weighted by molar-refractivity contribution is 0.768. The number of benzene rings is 6. The molecule has 2 heteroatoms. The van der Waals surface area contributed by atoms with Crippen molar-refractivity contribution in [2.45, 2.75) is 5.41 Å². The highest BCUT2D eigenvalue weighted by atomic mass is 14.7. The van der Waals surface area contributed by atoms with Gasteiger partial charge in [-0.15, -0.1) is 0 Å². The highest BCUT2D eigenvalue weighted by Gasteiger charge is 2.46. The van der Waals surface area contributed by atoms with Crippen LogP contribution in [0.4, 0.5) is 0 Å². The Balaban J connectivity index is 1.33. The Morgan fingerprint density at radius 2 is 0.911 bits per heavy atom. The maximum absolute atomic E-state index is 9.33. The number of nitrogens with zero attached hydrogens (tertiary/aromatic N) is 2. The largest absolute Gasteiger partial charge is 0.256 e. The first-order valence-corrected chi connectivity index (χ1v) is 15.2. The van der Waals surface area contributed by atoms with Crippen molar-refractivity contribution in [1.82, 2.24) is 4.98 Å². The molecule has 0 radical (unpaired) electrons. The molecule has 0 fully saturated rings. The molecule has 1 aliphatic carbocycles. The van der Waals surface area contributed by atoms with Gasteiger partial charge in [-0.1, -0.05) is 140 Å². The third-order valence-electron chi connectivity index (χ3n) is 9.06. The zero-order valence-electron chi connectivity index (χ0n) is 24.6. The summed E-state index contributed by atoms with van der Waals surface area (Å²) in [5, 5.41) is 9.33. The smallest absolute Gasteiger partial charge is 0.0992 e. The van der Waals surface area contributed by atoms with Gasteiger partial charge in [-0.05, 0) is 79.9 Å². The summed E-state index contributed by atoms with van der Waals surface area (Å²) in [6.45, 7) is 0. The number of fused-ring (bicyclic) bond motifs is 3. The Labute approximate surface area is 263 Å². The van der Waals surface area contributed by atoms with E-state index in [0.29, 0.717) is 5.56 Å². The summed E-state index contributed by atoms with van der Waals surface area (Å²) < 4.78 is 0. The SMILES string of the molecule is N#Cc1ccnc(-c2ccc(-c3ccc4c(c3)-c3cc(-c5ccccc5)ccc3C4(c3ccccc3)c3ccccc3)cc2)c1. The average Bonchev–Trinajstić information content (AvgIpc) is 3.42. The molecule has 1 aromatic heterocycles. The van der Waals surface area contributed by atoms with Crippen LogP contribution in [-0.4, -0.2) is 4.98 Å². The third-order valence-corrected chi connectivity index (χ3v) is 9.06. The molecular formula is C43H28N2. The highest BCUT2D eigenvalue weighted by Crippen LogP contribution is 2.57. The lowest BCUT2D eigenvalue weighted by Crippen LogP contribution is -2.28. The Morgan fingerprint density at radius 3 is 1.44 bits per heavy atom.